The van der Waals surface area contributed by atoms with Crippen molar-refractivity contribution in [2.75, 3.05) is 40.9 Å². The van der Waals surface area contributed by atoms with Gasteiger partial charge in [0.1, 0.15) is 13.2 Å². The summed E-state index contributed by atoms with van der Waals surface area (Å²) in [4.78, 5) is 25.3. The van der Waals surface area contributed by atoms with Gasteiger partial charge in [-0.2, -0.15) is 0 Å². The van der Waals surface area contributed by atoms with E-state index < -0.39 is 20.0 Å². The fraction of sp³-hybridized carbons (Fsp3) is 0.977. The zero-order chi connectivity index (χ0) is 38.6. The summed E-state index contributed by atoms with van der Waals surface area (Å²) in [6, 6.07) is -0.792. The highest BCUT2D eigenvalue weighted by atomic mass is 31.2. The van der Waals surface area contributed by atoms with E-state index in [4.69, 9.17) is 9.05 Å². The molecule has 0 radical (unpaired) electrons. The Morgan fingerprint density at radius 2 is 0.942 bits per heavy atom. The highest BCUT2D eigenvalue weighted by Crippen LogP contribution is 2.38. The van der Waals surface area contributed by atoms with Gasteiger partial charge in [0.2, 0.25) is 5.91 Å². The highest BCUT2D eigenvalue weighted by molar-refractivity contribution is 7.45. The third-order valence-corrected chi connectivity index (χ3v) is 11.3. The van der Waals surface area contributed by atoms with Crippen LogP contribution in [0.15, 0.2) is 0 Å². The number of hydrogen-bond acceptors (Lipinski definition) is 6. The van der Waals surface area contributed by atoms with Crippen LogP contribution in [-0.4, -0.2) is 68.5 Å². The molecule has 0 fully saturated rings. The maximum atomic E-state index is 12.9. The lowest BCUT2D eigenvalue weighted by atomic mass is 10.0. The van der Waals surface area contributed by atoms with Gasteiger partial charge in [-0.25, -0.2) is 0 Å². The number of hydrogen-bond donors (Lipinski definition) is 2. The van der Waals surface area contributed by atoms with Crippen molar-refractivity contribution in [1.29, 1.82) is 0 Å². The number of aliphatic hydroxyl groups is 1. The normalized spacial score (nSPS) is 14.4. The average Bonchev–Trinajstić information content (AvgIpc) is 3.09. The van der Waals surface area contributed by atoms with Crippen LogP contribution in [0.2, 0.25) is 0 Å². The number of phosphoric ester groups is 1. The fourth-order valence-electron chi connectivity index (χ4n) is 6.75. The van der Waals surface area contributed by atoms with E-state index in [-0.39, 0.29) is 19.1 Å². The second-order valence-electron chi connectivity index (χ2n) is 16.8. The van der Waals surface area contributed by atoms with Crippen molar-refractivity contribution in [2.24, 2.45) is 0 Å². The Bertz CT molecular complexity index is 824. The summed E-state index contributed by atoms with van der Waals surface area (Å²) in [6.45, 7) is 4.73. The Balaban J connectivity index is 4.29. The lowest BCUT2D eigenvalue weighted by Crippen LogP contribution is -2.46. The van der Waals surface area contributed by atoms with Crippen molar-refractivity contribution < 1.29 is 32.9 Å². The smallest absolute Gasteiger partial charge is 0.268 e. The first-order valence-corrected chi connectivity index (χ1v) is 23.8. The molecular weight excluding hydrogens is 671 g/mol. The Hall–Kier alpha value is -0.500. The monoisotopic (exact) mass is 761 g/mol. The number of quaternary nitrogens is 1. The molecule has 0 bridgehead atoms. The maximum Gasteiger partial charge on any atom is 0.268 e. The molecule has 0 saturated carbocycles. The summed E-state index contributed by atoms with van der Waals surface area (Å²) < 4.78 is 23.2. The van der Waals surface area contributed by atoms with Gasteiger partial charge in [0.15, 0.2) is 0 Å². The van der Waals surface area contributed by atoms with Gasteiger partial charge in [-0.3, -0.25) is 9.36 Å². The van der Waals surface area contributed by atoms with Crippen LogP contribution < -0.4 is 10.2 Å². The summed E-state index contributed by atoms with van der Waals surface area (Å²) in [5, 5.41) is 13.9. The maximum absolute atomic E-state index is 12.9. The van der Waals surface area contributed by atoms with E-state index in [0.29, 0.717) is 23.9 Å². The van der Waals surface area contributed by atoms with Crippen molar-refractivity contribution in [3.05, 3.63) is 0 Å². The standard InChI is InChI=1S/C43H89N2O6P/c1-6-8-10-12-14-16-18-20-21-22-23-24-25-27-29-31-33-35-37-43(47)44-41(40-51-52(48,49)50-39-38-45(3,4)5)42(46)36-34-32-30-28-26-19-17-15-13-11-9-7-2/h41-42,46H,6-40H2,1-5H3,(H-,44,47,48,49)/t41-,42+/m0/s1. The van der Waals surface area contributed by atoms with Gasteiger partial charge < -0.3 is 28.8 Å². The summed E-state index contributed by atoms with van der Waals surface area (Å²) in [6.07, 6.45) is 38.1. The molecule has 312 valence electrons. The predicted molar refractivity (Wildman–Crippen MR) is 219 cm³/mol. The molecule has 0 aromatic rings. The number of carbonyl (C=O) groups excluding carboxylic acids is 1. The first-order chi connectivity index (χ1) is 25.0. The van der Waals surface area contributed by atoms with E-state index in [9.17, 15) is 19.4 Å². The third-order valence-electron chi connectivity index (χ3n) is 10.3. The Morgan fingerprint density at radius 1 is 0.596 bits per heavy atom. The van der Waals surface area contributed by atoms with Crippen LogP contribution >= 0.6 is 7.82 Å². The van der Waals surface area contributed by atoms with Crippen molar-refractivity contribution in [3.8, 4) is 0 Å². The highest BCUT2D eigenvalue weighted by Gasteiger charge is 2.24. The van der Waals surface area contributed by atoms with E-state index in [2.05, 4.69) is 19.2 Å². The Kier molecular flexibility index (Phi) is 35.8. The van der Waals surface area contributed by atoms with Gasteiger partial charge in [0.25, 0.3) is 7.82 Å². The third kappa shape index (κ3) is 37.8. The molecule has 8 nitrogen and oxygen atoms in total. The molecule has 0 spiro atoms. The number of carbonyl (C=O) groups is 1. The van der Waals surface area contributed by atoms with Crippen LogP contribution in [0.25, 0.3) is 0 Å². The number of amides is 1. The molecule has 0 aromatic carbocycles. The van der Waals surface area contributed by atoms with E-state index >= 15 is 0 Å². The topological polar surface area (TPSA) is 108 Å². The number of nitrogens with one attached hydrogen (secondary N) is 1. The first-order valence-electron chi connectivity index (χ1n) is 22.4. The Morgan fingerprint density at radius 3 is 1.31 bits per heavy atom. The van der Waals surface area contributed by atoms with E-state index in [1.807, 2.05) is 21.1 Å². The minimum absolute atomic E-state index is 0.0159. The molecule has 0 saturated heterocycles. The van der Waals surface area contributed by atoms with Gasteiger partial charge in [-0.1, -0.05) is 200 Å². The second-order valence-corrected chi connectivity index (χ2v) is 18.2. The van der Waals surface area contributed by atoms with Crippen LogP contribution in [0.5, 0.6) is 0 Å². The number of unbranched alkanes of at least 4 members (excludes halogenated alkanes) is 28. The van der Waals surface area contributed by atoms with E-state index in [1.165, 1.54) is 154 Å². The predicted octanol–water partition coefficient (Wildman–Crippen LogP) is 11.6. The summed E-state index contributed by atoms with van der Waals surface area (Å²) >= 11 is 0. The average molecular weight is 761 g/mol. The minimum Gasteiger partial charge on any atom is -0.756 e. The summed E-state index contributed by atoms with van der Waals surface area (Å²) in [7, 11) is 1.32. The second kappa shape index (κ2) is 36.2. The van der Waals surface area contributed by atoms with Crippen LogP contribution in [0, 0.1) is 0 Å². The molecule has 0 heterocycles. The van der Waals surface area contributed by atoms with Gasteiger partial charge in [0, 0.05) is 6.42 Å². The Labute approximate surface area is 323 Å². The van der Waals surface area contributed by atoms with Crippen molar-refractivity contribution in [3.63, 3.8) is 0 Å². The molecule has 1 amide bonds. The fourth-order valence-corrected chi connectivity index (χ4v) is 7.47. The van der Waals surface area contributed by atoms with Crippen LogP contribution in [0.1, 0.15) is 219 Å². The number of phosphoric acid groups is 1. The molecule has 0 aliphatic carbocycles. The van der Waals surface area contributed by atoms with Gasteiger partial charge in [0.05, 0.1) is 39.9 Å². The molecule has 9 heteroatoms. The molecule has 52 heavy (non-hydrogen) atoms. The minimum atomic E-state index is -4.55. The van der Waals surface area contributed by atoms with Crippen molar-refractivity contribution in [2.45, 2.75) is 231 Å². The SMILES string of the molecule is CCCCCCCCCCCCCCCCCCCCC(=O)N[C@@H](COP(=O)([O-])OCC[N+](C)(C)C)[C@H](O)CCCCCCCCCCCCCC. The summed E-state index contributed by atoms with van der Waals surface area (Å²) in [5.74, 6) is -0.162. The van der Waals surface area contributed by atoms with Crippen LogP contribution in [0.3, 0.4) is 0 Å². The molecule has 0 aromatic heterocycles. The molecule has 2 N–H and O–H groups in total. The van der Waals surface area contributed by atoms with E-state index in [1.54, 1.807) is 0 Å². The number of likely N-dealkylation sites (N-methyl/N-ethyl adjacent to an activating group) is 1. The van der Waals surface area contributed by atoms with Crippen molar-refractivity contribution in [1.82, 2.24) is 5.32 Å². The van der Waals surface area contributed by atoms with Gasteiger partial charge in [-0.15, -0.1) is 0 Å². The summed E-state index contributed by atoms with van der Waals surface area (Å²) in [5.41, 5.74) is 0. The van der Waals surface area contributed by atoms with Gasteiger partial charge in [-0.05, 0) is 12.8 Å². The molecule has 0 rings (SSSR count). The zero-order valence-corrected chi connectivity index (χ0v) is 36.2. The quantitative estimate of drug-likeness (QED) is 0.0365. The lowest BCUT2D eigenvalue weighted by Gasteiger charge is -2.30. The van der Waals surface area contributed by atoms with Crippen LogP contribution in [-0.2, 0) is 18.4 Å². The number of rotatable bonds is 41. The molecule has 1 unspecified atom stereocenters. The molecule has 0 aliphatic heterocycles. The lowest BCUT2D eigenvalue weighted by molar-refractivity contribution is -0.870. The largest absolute Gasteiger partial charge is 0.756 e. The van der Waals surface area contributed by atoms with Crippen LogP contribution in [0.4, 0.5) is 0 Å². The molecular formula is C43H89N2O6P. The van der Waals surface area contributed by atoms with Gasteiger partial charge >= 0.3 is 0 Å². The zero-order valence-electron chi connectivity index (χ0n) is 35.3. The van der Waals surface area contributed by atoms with E-state index in [0.717, 1.165) is 38.5 Å². The molecule has 3 atom stereocenters. The number of nitrogens with zero attached hydrogens (tertiary/aromatic N) is 1. The molecule has 0 aliphatic rings. The number of aliphatic hydroxyl groups excluding tert-OH is 1. The van der Waals surface area contributed by atoms with Crippen molar-refractivity contribution >= 4 is 13.7 Å². The first kappa shape index (κ1) is 51.5.